The van der Waals surface area contributed by atoms with E-state index in [1.165, 1.54) is 6.08 Å². The number of ketones is 1. The molecule has 1 atom stereocenters. The van der Waals surface area contributed by atoms with Crippen LogP contribution in [0, 0.1) is 0 Å². The first-order valence-electron chi connectivity index (χ1n) is 9.30. The molecule has 0 radical (unpaired) electrons. The number of carbonyl (C=O) groups excluding carboxylic acids is 2. The van der Waals surface area contributed by atoms with Crippen LogP contribution in [0.1, 0.15) is 17.2 Å². The number of carbonyl (C=O) groups is 2. The van der Waals surface area contributed by atoms with Gasteiger partial charge >= 0.3 is 0 Å². The molecule has 2 aromatic carbocycles. The fraction of sp³-hybridized carbons (Fsp3) is 0.217. The first kappa shape index (κ1) is 21.0. The Bertz CT molecular complexity index is 950. The molecule has 1 heterocycles. The third kappa shape index (κ3) is 4.83. The van der Waals surface area contributed by atoms with Crippen LogP contribution >= 0.6 is 15.9 Å². The molecule has 5 nitrogen and oxygen atoms in total. The summed E-state index contributed by atoms with van der Waals surface area (Å²) in [5, 5.41) is 10.6. The maximum Gasteiger partial charge on any atom is 0.290 e. The molecule has 1 amide bonds. The first-order valence-corrected chi connectivity index (χ1v) is 10.1. The lowest BCUT2D eigenvalue weighted by Gasteiger charge is -2.27. The summed E-state index contributed by atoms with van der Waals surface area (Å²) < 4.78 is 0.899. The zero-order valence-electron chi connectivity index (χ0n) is 16.4. The van der Waals surface area contributed by atoms with Gasteiger partial charge in [-0.05, 0) is 43.4 Å². The highest BCUT2D eigenvalue weighted by Crippen LogP contribution is 2.38. The Morgan fingerprint density at radius 2 is 1.79 bits per heavy atom. The largest absolute Gasteiger partial charge is 0.503 e. The molecule has 0 spiro atoms. The minimum Gasteiger partial charge on any atom is -0.503 e. The molecule has 0 bridgehead atoms. The Hall–Kier alpha value is -2.70. The molecule has 0 fully saturated rings. The number of allylic oxidation sites excluding steroid dienone is 1. The predicted molar refractivity (Wildman–Crippen MR) is 117 cm³/mol. The SMILES string of the molecule is CN(C)CCN1C(=O)C(O)=C(C(=O)/C=C/c2ccccc2)C1c1ccc(Br)cc1. The van der Waals surface area contributed by atoms with Crippen molar-refractivity contribution in [3.63, 3.8) is 0 Å². The number of halogens is 1. The molecule has 150 valence electrons. The zero-order chi connectivity index (χ0) is 21.0. The van der Waals surface area contributed by atoms with Gasteiger partial charge in [-0.1, -0.05) is 64.5 Å². The van der Waals surface area contributed by atoms with Crippen molar-refractivity contribution in [3.05, 3.63) is 87.6 Å². The molecule has 2 aromatic rings. The number of rotatable bonds is 7. The number of likely N-dealkylation sites (N-methyl/N-ethyl adjacent to an activating group) is 1. The minimum atomic E-state index is -0.622. The fourth-order valence-electron chi connectivity index (χ4n) is 3.26. The van der Waals surface area contributed by atoms with Gasteiger partial charge < -0.3 is 14.9 Å². The van der Waals surface area contributed by atoms with Crippen molar-refractivity contribution in [2.24, 2.45) is 0 Å². The number of aliphatic hydroxyl groups excluding tert-OH is 1. The summed E-state index contributed by atoms with van der Waals surface area (Å²) in [5.74, 6) is -1.37. The first-order chi connectivity index (χ1) is 13.9. The molecule has 0 aromatic heterocycles. The molecule has 1 aliphatic heterocycles. The van der Waals surface area contributed by atoms with Gasteiger partial charge in [-0.25, -0.2) is 0 Å². The van der Waals surface area contributed by atoms with E-state index in [0.29, 0.717) is 13.1 Å². The van der Waals surface area contributed by atoms with Crippen LogP contribution in [-0.4, -0.2) is 53.8 Å². The van der Waals surface area contributed by atoms with E-state index in [2.05, 4.69) is 15.9 Å². The molecule has 6 heteroatoms. The van der Waals surface area contributed by atoms with Crippen LogP contribution in [0.25, 0.3) is 6.08 Å². The Labute approximate surface area is 179 Å². The van der Waals surface area contributed by atoms with E-state index in [0.717, 1.165) is 15.6 Å². The Morgan fingerprint density at radius 1 is 1.14 bits per heavy atom. The van der Waals surface area contributed by atoms with Crippen molar-refractivity contribution >= 4 is 33.7 Å². The molecule has 3 rings (SSSR count). The molecule has 1 N–H and O–H groups in total. The van der Waals surface area contributed by atoms with Gasteiger partial charge in [0, 0.05) is 17.6 Å². The molecule has 0 aliphatic carbocycles. The van der Waals surface area contributed by atoms with Crippen molar-refractivity contribution in [1.29, 1.82) is 0 Å². The Morgan fingerprint density at radius 3 is 2.41 bits per heavy atom. The summed E-state index contributed by atoms with van der Waals surface area (Å²) >= 11 is 3.41. The van der Waals surface area contributed by atoms with Crippen molar-refractivity contribution < 1.29 is 14.7 Å². The Kier molecular flexibility index (Phi) is 6.67. The summed E-state index contributed by atoms with van der Waals surface area (Å²) in [6.45, 7) is 1.02. The van der Waals surface area contributed by atoms with Crippen LogP contribution in [0.3, 0.4) is 0 Å². The summed E-state index contributed by atoms with van der Waals surface area (Å²) in [4.78, 5) is 29.3. The van der Waals surface area contributed by atoms with Crippen LogP contribution < -0.4 is 0 Å². The molecular formula is C23H23BrN2O3. The average molecular weight is 455 g/mol. The van der Waals surface area contributed by atoms with E-state index in [9.17, 15) is 14.7 Å². The lowest BCUT2D eigenvalue weighted by atomic mass is 9.95. The summed E-state index contributed by atoms with van der Waals surface area (Å²) in [7, 11) is 3.83. The van der Waals surface area contributed by atoms with Crippen LogP contribution in [0.5, 0.6) is 0 Å². The average Bonchev–Trinajstić information content (AvgIpc) is 2.96. The van der Waals surface area contributed by atoms with E-state index in [-0.39, 0.29) is 11.4 Å². The van der Waals surface area contributed by atoms with Gasteiger partial charge in [-0.3, -0.25) is 9.59 Å². The van der Waals surface area contributed by atoms with E-state index in [1.54, 1.807) is 11.0 Å². The number of hydrogen-bond acceptors (Lipinski definition) is 4. The van der Waals surface area contributed by atoms with Crippen molar-refractivity contribution in [2.45, 2.75) is 6.04 Å². The van der Waals surface area contributed by atoms with Gasteiger partial charge in [0.1, 0.15) is 0 Å². The third-order valence-electron chi connectivity index (χ3n) is 4.77. The normalized spacial score (nSPS) is 17.0. The van der Waals surface area contributed by atoms with Gasteiger partial charge in [0.15, 0.2) is 11.5 Å². The minimum absolute atomic E-state index is 0.114. The highest BCUT2D eigenvalue weighted by Gasteiger charge is 2.42. The second kappa shape index (κ2) is 9.20. The fourth-order valence-corrected chi connectivity index (χ4v) is 3.53. The molecular weight excluding hydrogens is 432 g/mol. The van der Waals surface area contributed by atoms with Crippen LogP contribution in [0.4, 0.5) is 0 Å². The third-order valence-corrected chi connectivity index (χ3v) is 5.30. The monoisotopic (exact) mass is 454 g/mol. The van der Waals surface area contributed by atoms with Crippen molar-refractivity contribution in [2.75, 3.05) is 27.2 Å². The lowest BCUT2D eigenvalue weighted by Crippen LogP contribution is -2.36. The molecule has 0 saturated carbocycles. The number of benzene rings is 2. The van der Waals surface area contributed by atoms with Gasteiger partial charge in [0.25, 0.3) is 5.91 Å². The number of hydrogen-bond donors (Lipinski definition) is 1. The summed E-state index contributed by atoms with van der Waals surface area (Å²) in [6.07, 6.45) is 3.10. The van der Waals surface area contributed by atoms with E-state index < -0.39 is 17.7 Å². The van der Waals surface area contributed by atoms with Crippen LogP contribution in [-0.2, 0) is 9.59 Å². The molecule has 1 unspecified atom stereocenters. The maximum absolute atomic E-state index is 13.0. The highest BCUT2D eigenvalue weighted by molar-refractivity contribution is 9.10. The summed E-state index contributed by atoms with van der Waals surface area (Å²) in [6, 6.07) is 16.2. The number of aliphatic hydroxyl groups is 1. The number of amides is 1. The summed E-state index contributed by atoms with van der Waals surface area (Å²) in [5.41, 5.74) is 1.76. The van der Waals surface area contributed by atoms with Crippen LogP contribution in [0.2, 0.25) is 0 Å². The van der Waals surface area contributed by atoms with Gasteiger partial charge in [0.2, 0.25) is 0 Å². The Balaban J connectivity index is 1.97. The van der Waals surface area contributed by atoms with Crippen molar-refractivity contribution in [1.82, 2.24) is 9.80 Å². The second-order valence-corrected chi connectivity index (χ2v) is 8.04. The topological polar surface area (TPSA) is 60.9 Å². The van der Waals surface area contributed by atoms with E-state index in [4.69, 9.17) is 0 Å². The number of nitrogens with zero attached hydrogens (tertiary/aromatic N) is 2. The smallest absolute Gasteiger partial charge is 0.290 e. The van der Waals surface area contributed by atoms with Crippen molar-refractivity contribution in [3.8, 4) is 0 Å². The van der Waals surface area contributed by atoms with Gasteiger partial charge in [-0.15, -0.1) is 0 Å². The second-order valence-electron chi connectivity index (χ2n) is 7.13. The van der Waals surface area contributed by atoms with E-state index >= 15 is 0 Å². The molecule has 1 aliphatic rings. The van der Waals surface area contributed by atoms with Gasteiger partial charge in [-0.2, -0.15) is 0 Å². The molecule has 0 saturated heterocycles. The standard InChI is InChI=1S/C23H23BrN2O3/c1-25(2)14-15-26-21(17-9-11-18(24)12-10-17)20(22(28)23(26)29)19(27)13-8-16-6-4-3-5-7-16/h3-13,21,28H,14-15H2,1-2H3/b13-8+. The predicted octanol–water partition coefficient (Wildman–Crippen LogP) is 3.99. The van der Waals surface area contributed by atoms with Gasteiger partial charge in [0.05, 0.1) is 11.6 Å². The van der Waals surface area contributed by atoms with Crippen LogP contribution in [0.15, 0.2) is 76.5 Å². The van der Waals surface area contributed by atoms with E-state index in [1.807, 2.05) is 73.6 Å². The zero-order valence-corrected chi connectivity index (χ0v) is 18.0. The quantitative estimate of drug-likeness (QED) is 0.642. The maximum atomic E-state index is 13.0. The highest BCUT2D eigenvalue weighted by atomic mass is 79.9. The lowest BCUT2D eigenvalue weighted by molar-refractivity contribution is -0.129. The molecule has 29 heavy (non-hydrogen) atoms.